The molecule has 1 amide bonds. The minimum absolute atomic E-state index is 0.0102. The van der Waals surface area contributed by atoms with Gasteiger partial charge in [-0.05, 0) is 48.5 Å². The maximum atomic E-state index is 13.1. The molecule has 4 rings (SSSR count). The standard InChI is InChI=1S/C21H15BrF3N3O3S2/c22-12-1-3-13(4-2-12)26-17(29)11-33-20-27-16-9-10-32-18(16)19(30)28(20)14-5-7-15(8-6-14)31-21(23,24)25/h1-8H,9-11H2,(H,26,29). The van der Waals surface area contributed by atoms with Crippen molar-refractivity contribution in [1.29, 1.82) is 0 Å². The molecule has 2 heterocycles. The summed E-state index contributed by atoms with van der Waals surface area (Å²) in [6.07, 6.45) is -4.18. The lowest BCUT2D eigenvalue weighted by atomic mass is 10.3. The number of halogens is 4. The maximum Gasteiger partial charge on any atom is 0.573 e. The molecule has 6 nitrogen and oxygen atoms in total. The van der Waals surface area contributed by atoms with E-state index < -0.39 is 12.1 Å². The smallest absolute Gasteiger partial charge is 0.406 e. The zero-order valence-corrected chi connectivity index (χ0v) is 19.9. The van der Waals surface area contributed by atoms with Gasteiger partial charge in [0.25, 0.3) is 5.56 Å². The lowest BCUT2D eigenvalue weighted by molar-refractivity contribution is -0.274. The van der Waals surface area contributed by atoms with Crippen molar-refractivity contribution in [2.24, 2.45) is 0 Å². The van der Waals surface area contributed by atoms with Crippen molar-refractivity contribution in [3.05, 3.63) is 69.1 Å². The predicted octanol–water partition coefficient (Wildman–Crippen LogP) is 5.27. The Kier molecular flexibility index (Phi) is 7.05. The van der Waals surface area contributed by atoms with Gasteiger partial charge in [-0.3, -0.25) is 14.2 Å². The normalized spacial score (nSPS) is 13.0. The predicted molar refractivity (Wildman–Crippen MR) is 124 cm³/mol. The number of aryl methyl sites for hydroxylation is 1. The SMILES string of the molecule is O=C(CSc1nc2c(c(=O)n1-c1ccc(OC(F)(F)F)cc1)SCC2)Nc1ccc(Br)cc1. The van der Waals surface area contributed by atoms with E-state index in [2.05, 4.69) is 31.0 Å². The van der Waals surface area contributed by atoms with Crippen LogP contribution in [-0.4, -0.2) is 33.3 Å². The van der Waals surface area contributed by atoms with Crippen LogP contribution in [0, 0.1) is 0 Å². The Balaban J connectivity index is 1.59. The summed E-state index contributed by atoms with van der Waals surface area (Å²) < 4.78 is 43.5. The number of nitrogens with zero attached hydrogens (tertiary/aromatic N) is 2. The Labute approximate surface area is 203 Å². The van der Waals surface area contributed by atoms with Gasteiger partial charge in [0.2, 0.25) is 5.91 Å². The molecular weight excluding hydrogens is 543 g/mol. The molecule has 2 aromatic carbocycles. The number of amides is 1. The third-order valence-electron chi connectivity index (χ3n) is 4.46. The minimum atomic E-state index is -4.81. The highest BCUT2D eigenvalue weighted by atomic mass is 79.9. The van der Waals surface area contributed by atoms with E-state index in [1.165, 1.54) is 28.5 Å². The first-order valence-electron chi connectivity index (χ1n) is 9.53. The van der Waals surface area contributed by atoms with Gasteiger partial charge in [-0.1, -0.05) is 27.7 Å². The highest BCUT2D eigenvalue weighted by molar-refractivity contribution is 9.10. The number of ether oxygens (including phenoxy) is 1. The van der Waals surface area contributed by atoms with Gasteiger partial charge in [-0.15, -0.1) is 24.9 Å². The number of carbonyl (C=O) groups excluding carboxylic acids is 1. The quantitative estimate of drug-likeness (QED) is 0.328. The highest BCUT2D eigenvalue weighted by Gasteiger charge is 2.31. The summed E-state index contributed by atoms with van der Waals surface area (Å²) in [7, 11) is 0. The van der Waals surface area contributed by atoms with Crippen LogP contribution in [0.3, 0.4) is 0 Å². The summed E-state index contributed by atoms with van der Waals surface area (Å²) in [5.41, 5.74) is 1.30. The molecule has 172 valence electrons. The molecule has 0 saturated carbocycles. The summed E-state index contributed by atoms with van der Waals surface area (Å²) in [5.74, 6) is 0.0236. The second-order valence-corrected chi connectivity index (χ2v) is 9.76. The van der Waals surface area contributed by atoms with Gasteiger partial charge < -0.3 is 10.1 Å². The molecule has 0 fully saturated rings. The number of hydrogen-bond acceptors (Lipinski definition) is 6. The fourth-order valence-electron chi connectivity index (χ4n) is 3.07. The van der Waals surface area contributed by atoms with Crippen LogP contribution in [-0.2, 0) is 11.2 Å². The first-order valence-corrected chi connectivity index (χ1v) is 12.3. The molecule has 1 N–H and O–H groups in total. The van der Waals surface area contributed by atoms with Crippen molar-refractivity contribution in [2.45, 2.75) is 22.8 Å². The average Bonchev–Trinajstić information content (AvgIpc) is 3.23. The molecule has 0 spiro atoms. The second kappa shape index (κ2) is 9.82. The summed E-state index contributed by atoms with van der Waals surface area (Å²) in [6.45, 7) is 0. The molecule has 0 saturated heterocycles. The van der Waals surface area contributed by atoms with Crippen LogP contribution in [0.15, 0.2) is 67.9 Å². The minimum Gasteiger partial charge on any atom is -0.406 e. The van der Waals surface area contributed by atoms with Crippen LogP contribution in [0.25, 0.3) is 5.69 Å². The molecule has 12 heteroatoms. The topological polar surface area (TPSA) is 73.2 Å². The Morgan fingerprint density at radius 2 is 1.88 bits per heavy atom. The first kappa shape index (κ1) is 23.7. The van der Waals surface area contributed by atoms with Gasteiger partial charge in [0.15, 0.2) is 5.16 Å². The summed E-state index contributed by atoms with van der Waals surface area (Å²) >= 11 is 5.80. The van der Waals surface area contributed by atoms with E-state index >= 15 is 0 Å². The number of aromatic nitrogens is 2. The lowest BCUT2D eigenvalue weighted by Gasteiger charge is -2.15. The van der Waals surface area contributed by atoms with Gasteiger partial charge in [0.05, 0.1) is 22.0 Å². The van der Waals surface area contributed by atoms with Crippen LogP contribution in [0.5, 0.6) is 5.75 Å². The van der Waals surface area contributed by atoms with E-state index in [-0.39, 0.29) is 22.4 Å². The molecule has 1 aromatic heterocycles. The maximum absolute atomic E-state index is 13.1. The number of fused-ring (bicyclic) bond motifs is 1. The van der Waals surface area contributed by atoms with Crippen molar-refractivity contribution in [2.75, 3.05) is 16.8 Å². The molecule has 1 aliphatic heterocycles. The molecule has 0 unspecified atom stereocenters. The van der Waals surface area contributed by atoms with Crippen molar-refractivity contribution in [3.8, 4) is 11.4 Å². The number of nitrogens with one attached hydrogen (secondary N) is 1. The third-order valence-corrected chi connectivity index (χ3v) is 7.03. The van der Waals surface area contributed by atoms with Gasteiger partial charge in [0.1, 0.15) is 5.75 Å². The van der Waals surface area contributed by atoms with E-state index in [1.807, 2.05) is 0 Å². The van der Waals surface area contributed by atoms with E-state index in [9.17, 15) is 22.8 Å². The monoisotopic (exact) mass is 557 g/mol. The van der Waals surface area contributed by atoms with Crippen molar-refractivity contribution < 1.29 is 22.7 Å². The van der Waals surface area contributed by atoms with Gasteiger partial charge in [-0.2, -0.15) is 0 Å². The van der Waals surface area contributed by atoms with Crippen LogP contribution >= 0.6 is 39.5 Å². The Hall–Kier alpha value is -2.44. The van der Waals surface area contributed by atoms with E-state index in [1.54, 1.807) is 24.3 Å². The van der Waals surface area contributed by atoms with Gasteiger partial charge in [-0.25, -0.2) is 4.98 Å². The van der Waals surface area contributed by atoms with E-state index in [0.717, 1.165) is 28.4 Å². The van der Waals surface area contributed by atoms with Crippen molar-refractivity contribution >= 4 is 51.0 Å². The first-order chi connectivity index (χ1) is 15.7. The fourth-order valence-corrected chi connectivity index (χ4v) is 5.19. The van der Waals surface area contributed by atoms with Crippen LogP contribution in [0.2, 0.25) is 0 Å². The molecular formula is C21H15BrF3N3O3S2. The zero-order chi connectivity index (χ0) is 23.6. The molecule has 0 radical (unpaired) electrons. The van der Waals surface area contributed by atoms with Crippen molar-refractivity contribution in [3.63, 3.8) is 0 Å². The number of anilines is 1. The third kappa shape index (κ3) is 5.92. The molecule has 1 aliphatic rings. The largest absolute Gasteiger partial charge is 0.573 e. The number of rotatable bonds is 6. The second-order valence-electron chi connectivity index (χ2n) is 6.79. The molecule has 0 bridgehead atoms. The molecule has 33 heavy (non-hydrogen) atoms. The summed E-state index contributed by atoms with van der Waals surface area (Å²) in [5, 5.41) is 3.06. The zero-order valence-electron chi connectivity index (χ0n) is 16.7. The Bertz CT molecular complexity index is 1230. The molecule has 0 atom stereocenters. The number of thioether (sulfide) groups is 2. The summed E-state index contributed by atoms with van der Waals surface area (Å²) in [4.78, 5) is 30.6. The fraction of sp³-hybridized carbons (Fsp3) is 0.190. The number of carbonyl (C=O) groups is 1. The highest BCUT2D eigenvalue weighted by Crippen LogP contribution is 2.31. The van der Waals surface area contributed by atoms with Crippen LogP contribution < -0.4 is 15.6 Å². The molecule has 0 aliphatic carbocycles. The van der Waals surface area contributed by atoms with Crippen molar-refractivity contribution in [1.82, 2.24) is 9.55 Å². The van der Waals surface area contributed by atoms with Crippen LogP contribution in [0.1, 0.15) is 5.69 Å². The van der Waals surface area contributed by atoms with Gasteiger partial charge >= 0.3 is 6.36 Å². The number of hydrogen-bond donors (Lipinski definition) is 1. The summed E-state index contributed by atoms with van der Waals surface area (Å²) in [6, 6.07) is 12.0. The number of benzene rings is 2. The molecule has 3 aromatic rings. The Morgan fingerprint density at radius 1 is 1.18 bits per heavy atom. The van der Waals surface area contributed by atoms with E-state index in [4.69, 9.17) is 0 Å². The van der Waals surface area contributed by atoms with Gasteiger partial charge in [0, 0.05) is 22.3 Å². The average molecular weight is 558 g/mol. The van der Waals surface area contributed by atoms with E-state index in [0.29, 0.717) is 34.1 Å². The lowest BCUT2D eigenvalue weighted by Crippen LogP contribution is -2.24. The Morgan fingerprint density at radius 3 is 2.55 bits per heavy atom. The van der Waals surface area contributed by atoms with Crippen LogP contribution in [0.4, 0.5) is 18.9 Å². The number of alkyl halides is 3.